The van der Waals surface area contributed by atoms with Gasteiger partial charge < -0.3 is 15.6 Å². The Morgan fingerprint density at radius 1 is 1.47 bits per heavy atom. The predicted molar refractivity (Wildman–Crippen MR) is 56.6 cm³/mol. The number of benzene rings is 1. The maximum absolute atomic E-state index is 11.2. The van der Waals surface area contributed by atoms with Crippen LogP contribution in [0.1, 0.15) is 10.4 Å². The molecule has 1 aromatic carbocycles. The Bertz CT molecular complexity index is 358. The normalized spacial score (nSPS) is 9.07. The van der Waals surface area contributed by atoms with Gasteiger partial charge in [0.2, 0.25) is 5.91 Å². The van der Waals surface area contributed by atoms with Gasteiger partial charge in [0.25, 0.3) is 0 Å². The minimum Gasteiger partial charge on any atom is -0.759 e. The molecule has 0 bridgehead atoms. The molecule has 0 radical (unpaired) electrons. The molecule has 6 heteroatoms. The summed E-state index contributed by atoms with van der Waals surface area (Å²) in [5, 5.41) is 10.7. The van der Waals surface area contributed by atoms with Crippen LogP contribution in [0.25, 0.3) is 0 Å². The van der Waals surface area contributed by atoms with Gasteiger partial charge in [0.15, 0.2) is 0 Å². The molecule has 1 amide bonds. The van der Waals surface area contributed by atoms with Gasteiger partial charge in [0, 0.05) is 24.8 Å². The van der Waals surface area contributed by atoms with Crippen LogP contribution in [0, 0.1) is 5.21 Å². The Balaban J connectivity index is 0.00000196. The molecule has 0 atom stereocenters. The third-order valence-corrected chi connectivity index (χ3v) is 2.01. The van der Waals surface area contributed by atoms with E-state index in [0.717, 1.165) is 0 Å². The fraction of sp³-hybridized carbons (Fsp3) is 0.222. The molecule has 0 aromatic heterocycles. The molecule has 0 saturated carbocycles. The SMILES string of the molecule is CN(C)c1ccc(Cl)cc1C(=O)N[O-].[K+]. The molecule has 0 aliphatic carbocycles. The van der Waals surface area contributed by atoms with E-state index in [2.05, 4.69) is 0 Å². The second-order valence-electron chi connectivity index (χ2n) is 2.99. The topological polar surface area (TPSA) is 55.4 Å². The molecule has 76 valence electrons. The summed E-state index contributed by atoms with van der Waals surface area (Å²) >= 11 is 5.72. The minimum atomic E-state index is -0.684. The van der Waals surface area contributed by atoms with E-state index in [0.29, 0.717) is 10.7 Å². The van der Waals surface area contributed by atoms with E-state index >= 15 is 0 Å². The molecule has 4 nitrogen and oxygen atoms in total. The van der Waals surface area contributed by atoms with Crippen LogP contribution < -0.4 is 61.8 Å². The number of nitrogens with one attached hydrogen (secondary N) is 1. The zero-order valence-electron chi connectivity index (χ0n) is 8.87. The van der Waals surface area contributed by atoms with Crippen LogP contribution in [-0.2, 0) is 0 Å². The zero-order chi connectivity index (χ0) is 10.7. The number of halogens is 1. The maximum Gasteiger partial charge on any atom is 1.00 e. The number of anilines is 1. The van der Waals surface area contributed by atoms with E-state index in [9.17, 15) is 10.0 Å². The number of carbonyl (C=O) groups is 1. The Labute approximate surface area is 136 Å². The molecular formula is C9H10ClKN2O2. The van der Waals surface area contributed by atoms with Gasteiger partial charge in [-0.05, 0) is 18.2 Å². The molecule has 0 unspecified atom stereocenters. The van der Waals surface area contributed by atoms with Crippen LogP contribution >= 0.6 is 11.6 Å². The van der Waals surface area contributed by atoms with Crippen LogP contribution in [-0.4, -0.2) is 20.0 Å². The molecule has 0 spiro atoms. The van der Waals surface area contributed by atoms with Gasteiger partial charge in [0.1, 0.15) is 0 Å². The van der Waals surface area contributed by atoms with Crippen molar-refractivity contribution in [3.05, 3.63) is 34.0 Å². The Hall–Kier alpha value is 0.376. The van der Waals surface area contributed by atoms with Crippen molar-refractivity contribution in [1.29, 1.82) is 0 Å². The summed E-state index contributed by atoms with van der Waals surface area (Å²) in [6.45, 7) is 0. The molecule has 0 aliphatic rings. The fourth-order valence-electron chi connectivity index (χ4n) is 1.14. The number of hydrogen-bond acceptors (Lipinski definition) is 3. The van der Waals surface area contributed by atoms with Crippen LogP contribution in [0.4, 0.5) is 5.69 Å². The first-order valence-corrected chi connectivity index (χ1v) is 4.33. The standard InChI is InChI=1S/C9H10ClN2O2.K/c1-12(2)8-4-3-6(10)5-7(8)9(13)11-14;/h3-5H,1-2H3,(H-,11,13,14);/q-1;+1. The van der Waals surface area contributed by atoms with E-state index < -0.39 is 5.91 Å². The van der Waals surface area contributed by atoms with Gasteiger partial charge in [-0.1, -0.05) is 11.6 Å². The monoisotopic (exact) mass is 252 g/mol. The van der Waals surface area contributed by atoms with Crippen molar-refractivity contribution in [2.75, 3.05) is 19.0 Å². The minimum absolute atomic E-state index is 0. The zero-order valence-corrected chi connectivity index (χ0v) is 12.8. The molecular weight excluding hydrogens is 243 g/mol. The first kappa shape index (κ1) is 15.4. The Morgan fingerprint density at radius 2 is 2.07 bits per heavy atom. The van der Waals surface area contributed by atoms with Crippen molar-refractivity contribution in [3.8, 4) is 0 Å². The van der Waals surface area contributed by atoms with Gasteiger partial charge in [-0.15, -0.1) is 0 Å². The van der Waals surface area contributed by atoms with Gasteiger partial charge in [-0.25, -0.2) is 0 Å². The number of hydroxylamine groups is 1. The molecule has 15 heavy (non-hydrogen) atoms. The van der Waals surface area contributed by atoms with Gasteiger partial charge >= 0.3 is 51.4 Å². The van der Waals surface area contributed by atoms with Crippen molar-refractivity contribution < 1.29 is 56.2 Å². The summed E-state index contributed by atoms with van der Waals surface area (Å²) in [5.74, 6) is -0.684. The van der Waals surface area contributed by atoms with Crippen molar-refractivity contribution in [2.24, 2.45) is 0 Å². The van der Waals surface area contributed by atoms with Crippen LogP contribution in [0.3, 0.4) is 0 Å². The first-order valence-electron chi connectivity index (χ1n) is 3.95. The van der Waals surface area contributed by atoms with Crippen molar-refractivity contribution >= 4 is 23.2 Å². The maximum atomic E-state index is 11.2. The summed E-state index contributed by atoms with van der Waals surface area (Å²) in [4.78, 5) is 12.9. The second-order valence-corrected chi connectivity index (χ2v) is 3.42. The number of rotatable bonds is 2. The smallest absolute Gasteiger partial charge is 0.759 e. The molecule has 1 aromatic rings. The number of hydrogen-bond donors (Lipinski definition) is 1. The summed E-state index contributed by atoms with van der Waals surface area (Å²) in [6.07, 6.45) is 0. The second kappa shape index (κ2) is 6.85. The summed E-state index contributed by atoms with van der Waals surface area (Å²) in [7, 11) is 3.57. The summed E-state index contributed by atoms with van der Waals surface area (Å²) in [6, 6.07) is 4.81. The summed E-state index contributed by atoms with van der Waals surface area (Å²) < 4.78 is 0. The third-order valence-electron chi connectivity index (χ3n) is 1.78. The molecule has 0 fully saturated rings. The molecule has 0 aliphatic heterocycles. The van der Waals surface area contributed by atoms with Gasteiger partial charge in [-0.2, -0.15) is 0 Å². The van der Waals surface area contributed by atoms with E-state index in [1.807, 2.05) is 0 Å². The van der Waals surface area contributed by atoms with Crippen LogP contribution in [0.2, 0.25) is 5.02 Å². The van der Waals surface area contributed by atoms with Crippen molar-refractivity contribution in [3.63, 3.8) is 0 Å². The number of nitrogens with zero attached hydrogens (tertiary/aromatic N) is 1. The van der Waals surface area contributed by atoms with E-state index in [1.165, 1.54) is 11.5 Å². The average Bonchev–Trinajstić information content (AvgIpc) is 2.16. The number of amides is 1. The molecule has 0 saturated heterocycles. The van der Waals surface area contributed by atoms with Gasteiger partial charge in [0.05, 0.1) is 5.56 Å². The predicted octanol–water partition coefficient (Wildman–Crippen LogP) is -1.36. The fourth-order valence-corrected chi connectivity index (χ4v) is 1.31. The Kier molecular flexibility index (Phi) is 7.02. The van der Waals surface area contributed by atoms with Crippen LogP contribution in [0.5, 0.6) is 0 Å². The molecule has 0 heterocycles. The van der Waals surface area contributed by atoms with Gasteiger partial charge in [-0.3, -0.25) is 4.79 Å². The quantitative estimate of drug-likeness (QED) is 0.523. The first-order chi connectivity index (χ1) is 6.56. The largest absolute Gasteiger partial charge is 1.00 e. The average molecular weight is 253 g/mol. The van der Waals surface area contributed by atoms with E-state index in [1.54, 1.807) is 31.1 Å². The Morgan fingerprint density at radius 3 is 2.53 bits per heavy atom. The van der Waals surface area contributed by atoms with Crippen molar-refractivity contribution in [1.82, 2.24) is 5.48 Å². The number of carbonyl (C=O) groups excluding carboxylic acids is 1. The molecule has 1 rings (SSSR count). The van der Waals surface area contributed by atoms with Crippen molar-refractivity contribution in [2.45, 2.75) is 0 Å². The summed E-state index contributed by atoms with van der Waals surface area (Å²) in [5.41, 5.74) is 2.26. The molecule has 1 N–H and O–H groups in total. The third kappa shape index (κ3) is 4.03. The van der Waals surface area contributed by atoms with E-state index in [-0.39, 0.29) is 56.9 Å². The van der Waals surface area contributed by atoms with E-state index in [4.69, 9.17) is 11.6 Å². The van der Waals surface area contributed by atoms with Crippen LogP contribution in [0.15, 0.2) is 18.2 Å².